The van der Waals surface area contributed by atoms with Crippen LogP contribution in [0.1, 0.15) is 36.7 Å². The van der Waals surface area contributed by atoms with Gasteiger partial charge in [0.05, 0.1) is 11.6 Å². The molecule has 0 aliphatic carbocycles. The Morgan fingerprint density at radius 2 is 2.43 bits per heavy atom. The van der Waals surface area contributed by atoms with Crippen LogP contribution in [0, 0.1) is 6.92 Å². The Hall–Kier alpha value is -1.96. The highest BCUT2D eigenvalue weighted by atomic mass is 32.1. The number of likely N-dealkylation sites (tertiary alicyclic amines) is 1. The van der Waals surface area contributed by atoms with E-state index in [1.807, 2.05) is 12.3 Å². The van der Waals surface area contributed by atoms with Crippen LogP contribution in [0.3, 0.4) is 0 Å². The monoisotopic (exact) mass is 307 g/mol. The van der Waals surface area contributed by atoms with E-state index < -0.39 is 0 Å². The molecule has 3 rings (SSSR count). The normalized spacial score (nSPS) is 18.2. The van der Waals surface area contributed by atoms with Crippen LogP contribution in [0.4, 0.5) is 9.93 Å². The number of nitrogens with zero attached hydrogens (tertiary/aromatic N) is 4. The minimum absolute atomic E-state index is 0.120. The average Bonchev–Trinajstić information content (AvgIpc) is 3.17. The van der Waals surface area contributed by atoms with Gasteiger partial charge in [0, 0.05) is 18.5 Å². The van der Waals surface area contributed by atoms with Crippen molar-refractivity contribution in [1.29, 1.82) is 0 Å². The van der Waals surface area contributed by atoms with Crippen molar-refractivity contribution in [2.45, 2.75) is 32.6 Å². The van der Waals surface area contributed by atoms with Crippen molar-refractivity contribution in [3.8, 4) is 0 Å². The quantitative estimate of drug-likeness (QED) is 0.941. The van der Waals surface area contributed by atoms with E-state index in [0.717, 1.165) is 18.5 Å². The summed E-state index contributed by atoms with van der Waals surface area (Å²) in [5.41, 5.74) is 0.996. The second kappa shape index (κ2) is 5.80. The summed E-state index contributed by atoms with van der Waals surface area (Å²) >= 11 is 1.45. The van der Waals surface area contributed by atoms with Crippen molar-refractivity contribution in [3.05, 3.63) is 22.8 Å². The standard InChI is InChI=1S/C13H17N5O2S/c1-3-10-7-21-12(15-10)16-13(19)18-5-4-9(6-18)11-14-8(2)17-20-11/h7,9H,3-6H2,1-2H3,(H,15,16,19). The summed E-state index contributed by atoms with van der Waals surface area (Å²) in [6, 6.07) is -0.120. The molecule has 21 heavy (non-hydrogen) atoms. The largest absolute Gasteiger partial charge is 0.339 e. The fraction of sp³-hybridized carbons (Fsp3) is 0.538. The fourth-order valence-corrected chi connectivity index (χ4v) is 3.11. The number of aryl methyl sites for hydroxylation is 2. The third-order valence-corrected chi connectivity index (χ3v) is 4.30. The van der Waals surface area contributed by atoms with Crippen molar-refractivity contribution in [2.75, 3.05) is 18.4 Å². The Labute approximate surface area is 126 Å². The number of urea groups is 1. The second-order valence-electron chi connectivity index (χ2n) is 5.04. The van der Waals surface area contributed by atoms with E-state index in [1.54, 1.807) is 11.8 Å². The molecule has 2 aromatic rings. The molecule has 8 heteroatoms. The lowest BCUT2D eigenvalue weighted by atomic mass is 10.1. The van der Waals surface area contributed by atoms with E-state index in [9.17, 15) is 4.79 Å². The van der Waals surface area contributed by atoms with E-state index in [-0.39, 0.29) is 11.9 Å². The third kappa shape index (κ3) is 3.05. The molecular weight excluding hydrogens is 290 g/mol. The Morgan fingerprint density at radius 3 is 3.10 bits per heavy atom. The Kier molecular flexibility index (Phi) is 3.87. The van der Waals surface area contributed by atoms with Gasteiger partial charge in [-0.15, -0.1) is 11.3 Å². The summed E-state index contributed by atoms with van der Waals surface area (Å²) in [7, 11) is 0. The van der Waals surface area contributed by atoms with Crippen molar-refractivity contribution in [3.63, 3.8) is 0 Å². The molecule has 1 aliphatic heterocycles. The molecule has 1 atom stereocenters. The lowest BCUT2D eigenvalue weighted by molar-refractivity contribution is 0.221. The van der Waals surface area contributed by atoms with Gasteiger partial charge in [-0.1, -0.05) is 12.1 Å². The molecule has 7 nitrogen and oxygen atoms in total. The van der Waals surface area contributed by atoms with Crippen LogP contribution in [-0.4, -0.2) is 39.1 Å². The maximum Gasteiger partial charge on any atom is 0.323 e. The number of amides is 2. The molecule has 0 aromatic carbocycles. The molecule has 1 saturated heterocycles. The van der Waals surface area contributed by atoms with Crippen molar-refractivity contribution < 1.29 is 9.32 Å². The number of hydrogen-bond acceptors (Lipinski definition) is 6. The molecule has 0 saturated carbocycles. The van der Waals surface area contributed by atoms with Gasteiger partial charge in [-0.05, 0) is 19.8 Å². The van der Waals surface area contributed by atoms with Crippen LogP contribution in [0.25, 0.3) is 0 Å². The predicted molar refractivity (Wildman–Crippen MR) is 78.5 cm³/mol. The van der Waals surface area contributed by atoms with Crippen LogP contribution in [0.15, 0.2) is 9.90 Å². The van der Waals surface area contributed by atoms with Gasteiger partial charge in [-0.2, -0.15) is 4.98 Å². The van der Waals surface area contributed by atoms with Gasteiger partial charge in [0.2, 0.25) is 5.89 Å². The number of anilines is 1. The number of rotatable bonds is 3. The van der Waals surface area contributed by atoms with E-state index in [2.05, 4.69) is 20.4 Å². The molecule has 3 heterocycles. The number of carbonyl (C=O) groups is 1. The van der Waals surface area contributed by atoms with Gasteiger partial charge >= 0.3 is 6.03 Å². The molecule has 2 amide bonds. The average molecular weight is 307 g/mol. The number of thiazole rings is 1. The minimum Gasteiger partial charge on any atom is -0.339 e. The first-order chi connectivity index (χ1) is 10.2. The zero-order chi connectivity index (χ0) is 14.8. The van der Waals surface area contributed by atoms with Gasteiger partial charge in [0.15, 0.2) is 11.0 Å². The highest BCUT2D eigenvalue weighted by Crippen LogP contribution is 2.26. The number of aromatic nitrogens is 3. The maximum absolute atomic E-state index is 12.2. The molecule has 1 aliphatic rings. The highest BCUT2D eigenvalue weighted by molar-refractivity contribution is 7.13. The molecular formula is C13H17N5O2S. The van der Waals surface area contributed by atoms with Crippen LogP contribution in [0.2, 0.25) is 0 Å². The predicted octanol–water partition coefficient (Wildman–Crippen LogP) is 2.42. The topological polar surface area (TPSA) is 84.2 Å². The summed E-state index contributed by atoms with van der Waals surface area (Å²) in [4.78, 5) is 22.5. The highest BCUT2D eigenvalue weighted by Gasteiger charge is 2.31. The first-order valence-corrected chi connectivity index (χ1v) is 7.84. The smallest absolute Gasteiger partial charge is 0.323 e. The van der Waals surface area contributed by atoms with E-state index in [4.69, 9.17) is 4.52 Å². The van der Waals surface area contributed by atoms with Gasteiger partial charge in [0.1, 0.15) is 0 Å². The van der Waals surface area contributed by atoms with Crippen LogP contribution >= 0.6 is 11.3 Å². The molecule has 0 spiro atoms. The summed E-state index contributed by atoms with van der Waals surface area (Å²) < 4.78 is 5.18. The van der Waals surface area contributed by atoms with Crippen molar-refractivity contribution >= 4 is 22.5 Å². The van der Waals surface area contributed by atoms with E-state index >= 15 is 0 Å². The maximum atomic E-state index is 12.2. The Bertz CT molecular complexity index is 638. The summed E-state index contributed by atoms with van der Waals surface area (Å²) in [6.45, 7) is 5.11. The summed E-state index contributed by atoms with van der Waals surface area (Å²) in [5, 5.41) is 9.25. The molecule has 2 aromatic heterocycles. The zero-order valence-electron chi connectivity index (χ0n) is 12.0. The lowest BCUT2D eigenvalue weighted by Gasteiger charge is -2.15. The molecule has 112 valence electrons. The Balaban J connectivity index is 1.59. The zero-order valence-corrected chi connectivity index (χ0v) is 12.8. The minimum atomic E-state index is -0.120. The molecule has 0 bridgehead atoms. The van der Waals surface area contributed by atoms with Crippen LogP contribution < -0.4 is 5.32 Å². The van der Waals surface area contributed by atoms with Crippen LogP contribution in [0.5, 0.6) is 0 Å². The van der Waals surface area contributed by atoms with E-state index in [1.165, 1.54) is 11.3 Å². The molecule has 1 N–H and O–H groups in total. The summed E-state index contributed by atoms with van der Waals surface area (Å²) in [6.07, 6.45) is 1.71. The van der Waals surface area contributed by atoms with E-state index in [0.29, 0.717) is 29.9 Å². The van der Waals surface area contributed by atoms with Gasteiger partial charge in [-0.25, -0.2) is 9.78 Å². The fourth-order valence-electron chi connectivity index (χ4n) is 2.32. The summed E-state index contributed by atoms with van der Waals surface area (Å²) in [5.74, 6) is 1.37. The van der Waals surface area contributed by atoms with Crippen molar-refractivity contribution in [1.82, 2.24) is 20.0 Å². The van der Waals surface area contributed by atoms with Crippen molar-refractivity contribution in [2.24, 2.45) is 0 Å². The third-order valence-electron chi connectivity index (χ3n) is 3.50. The SMILES string of the molecule is CCc1csc(NC(=O)N2CCC(c3nc(C)no3)C2)n1. The Morgan fingerprint density at radius 1 is 1.57 bits per heavy atom. The molecule has 1 unspecified atom stereocenters. The van der Waals surface area contributed by atoms with Gasteiger partial charge in [0.25, 0.3) is 0 Å². The molecule has 0 radical (unpaired) electrons. The lowest BCUT2D eigenvalue weighted by Crippen LogP contribution is -2.32. The number of carbonyl (C=O) groups excluding carboxylic acids is 1. The first-order valence-electron chi connectivity index (χ1n) is 6.96. The number of nitrogens with one attached hydrogen (secondary N) is 1. The van der Waals surface area contributed by atoms with Gasteiger partial charge in [-0.3, -0.25) is 5.32 Å². The number of hydrogen-bond donors (Lipinski definition) is 1. The second-order valence-corrected chi connectivity index (χ2v) is 5.90. The van der Waals surface area contributed by atoms with Gasteiger partial charge < -0.3 is 9.42 Å². The first kappa shape index (κ1) is 14.0. The van der Waals surface area contributed by atoms with Crippen LogP contribution in [-0.2, 0) is 6.42 Å². The molecule has 1 fully saturated rings.